The van der Waals surface area contributed by atoms with Crippen LogP contribution in [0.4, 0.5) is 4.39 Å². The van der Waals surface area contributed by atoms with Crippen LogP contribution in [0.2, 0.25) is 5.02 Å². The molecule has 0 spiro atoms. The highest BCUT2D eigenvalue weighted by Gasteiger charge is 2.23. The molecule has 1 aromatic carbocycles. The molecule has 0 saturated carbocycles. The maximum absolute atomic E-state index is 13.3. The SMILES string of the molecule is CC1CC(N)CCN1Cc1cccc(F)c1Cl. The highest BCUT2D eigenvalue weighted by atomic mass is 35.5. The molecule has 17 heavy (non-hydrogen) atoms. The van der Waals surface area contributed by atoms with Crippen LogP contribution in [0.1, 0.15) is 25.3 Å². The average Bonchev–Trinajstić information content (AvgIpc) is 2.28. The molecule has 2 nitrogen and oxygen atoms in total. The maximum Gasteiger partial charge on any atom is 0.142 e. The van der Waals surface area contributed by atoms with Crippen LogP contribution in [0, 0.1) is 5.82 Å². The van der Waals surface area contributed by atoms with Gasteiger partial charge < -0.3 is 5.73 Å². The van der Waals surface area contributed by atoms with Gasteiger partial charge >= 0.3 is 0 Å². The first-order valence-electron chi connectivity index (χ1n) is 6.00. The number of halogens is 2. The van der Waals surface area contributed by atoms with Gasteiger partial charge in [-0.15, -0.1) is 0 Å². The van der Waals surface area contributed by atoms with E-state index >= 15 is 0 Å². The minimum absolute atomic E-state index is 0.245. The van der Waals surface area contributed by atoms with E-state index in [0.29, 0.717) is 18.6 Å². The predicted octanol–water partition coefficient (Wildman–Crippen LogP) is 2.79. The van der Waals surface area contributed by atoms with Crippen molar-refractivity contribution in [2.24, 2.45) is 5.73 Å². The van der Waals surface area contributed by atoms with Gasteiger partial charge in [-0.05, 0) is 31.4 Å². The summed E-state index contributed by atoms with van der Waals surface area (Å²) in [6.45, 7) is 3.81. The van der Waals surface area contributed by atoms with Crippen LogP contribution in [0.15, 0.2) is 18.2 Å². The fourth-order valence-corrected chi connectivity index (χ4v) is 2.57. The zero-order chi connectivity index (χ0) is 12.4. The molecule has 0 radical (unpaired) electrons. The Labute approximate surface area is 107 Å². The Morgan fingerprint density at radius 3 is 3.00 bits per heavy atom. The van der Waals surface area contributed by atoms with Gasteiger partial charge in [0.25, 0.3) is 0 Å². The summed E-state index contributed by atoms with van der Waals surface area (Å²) >= 11 is 5.96. The predicted molar refractivity (Wildman–Crippen MR) is 68.5 cm³/mol. The second-order valence-corrected chi connectivity index (χ2v) is 5.19. The third kappa shape index (κ3) is 2.97. The molecule has 0 aliphatic carbocycles. The summed E-state index contributed by atoms with van der Waals surface area (Å²) in [5, 5.41) is 0.245. The molecule has 2 N–H and O–H groups in total. The van der Waals surface area contributed by atoms with Gasteiger partial charge in [0.05, 0.1) is 5.02 Å². The Morgan fingerprint density at radius 2 is 2.29 bits per heavy atom. The van der Waals surface area contributed by atoms with Crippen LogP contribution in [-0.4, -0.2) is 23.5 Å². The fraction of sp³-hybridized carbons (Fsp3) is 0.538. The largest absolute Gasteiger partial charge is 0.328 e. The van der Waals surface area contributed by atoms with Crippen LogP contribution in [0.25, 0.3) is 0 Å². The Bertz CT molecular complexity index is 397. The molecule has 1 aliphatic rings. The second kappa shape index (κ2) is 5.34. The second-order valence-electron chi connectivity index (χ2n) is 4.82. The standard InChI is InChI=1S/C13H18ClFN2/c1-9-7-11(16)5-6-17(9)8-10-3-2-4-12(15)13(10)14/h2-4,9,11H,5-8,16H2,1H3. The average molecular weight is 257 g/mol. The van der Waals surface area contributed by atoms with Crippen molar-refractivity contribution in [2.75, 3.05) is 6.54 Å². The molecule has 2 atom stereocenters. The van der Waals surface area contributed by atoms with Crippen molar-refractivity contribution in [3.05, 3.63) is 34.6 Å². The van der Waals surface area contributed by atoms with Gasteiger partial charge in [-0.3, -0.25) is 4.90 Å². The van der Waals surface area contributed by atoms with Crippen LogP contribution in [0.5, 0.6) is 0 Å². The van der Waals surface area contributed by atoms with Gasteiger partial charge in [-0.2, -0.15) is 0 Å². The highest BCUT2D eigenvalue weighted by molar-refractivity contribution is 6.31. The number of rotatable bonds is 2. The topological polar surface area (TPSA) is 29.3 Å². The van der Waals surface area contributed by atoms with Gasteiger partial charge in [-0.25, -0.2) is 4.39 Å². The molecule has 0 aromatic heterocycles. The molecular weight excluding hydrogens is 239 g/mol. The molecule has 4 heteroatoms. The summed E-state index contributed by atoms with van der Waals surface area (Å²) < 4.78 is 13.3. The van der Waals surface area contributed by atoms with E-state index in [4.69, 9.17) is 17.3 Å². The first-order chi connectivity index (χ1) is 8.08. The summed E-state index contributed by atoms with van der Waals surface area (Å²) in [5.74, 6) is -0.342. The lowest BCUT2D eigenvalue weighted by Gasteiger charge is -2.36. The molecular formula is C13H18ClFN2. The molecule has 0 amide bonds. The third-order valence-corrected chi connectivity index (χ3v) is 3.88. The lowest BCUT2D eigenvalue weighted by molar-refractivity contribution is 0.140. The Kier molecular flexibility index (Phi) is 4.02. The van der Waals surface area contributed by atoms with E-state index in [0.717, 1.165) is 24.9 Å². The Balaban J connectivity index is 2.08. The van der Waals surface area contributed by atoms with E-state index in [2.05, 4.69) is 11.8 Å². The number of benzene rings is 1. The van der Waals surface area contributed by atoms with Crippen molar-refractivity contribution in [2.45, 2.75) is 38.4 Å². The first-order valence-corrected chi connectivity index (χ1v) is 6.38. The number of piperidine rings is 1. The summed E-state index contributed by atoms with van der Waals surface area (Å²) in [6, 6.07) is 5.70. The number of likely N-dealkylation sites (tertiary alicyclic amines) is 1. The van der Waals surface area contributed by atoms with Gasteiger partial charge in [0, 0.05) is 25.2 Å². The van der Waals surface area contributed by atoms with Gasteiger partial charge in [0.15, 0.2) is 0 Å². The number of hydrogen-bond donors (Lipinski definition) is 1. The van der Waals surface area contributed by atoms with E-state index in [1.165, 1.54) is 6.07 Å². The van der Waals surface area contributed by atoms with Crippen molar-refractivity contribution in [3.8, 4) is 0 Å². The van der Waals surface area contributed by atoms with Crippen LogP contribution < -0.4 is 5.73 Å². The lowest BCUT2D eigenvalue weighted by Crippen LogP contribution is -2.45. The van der Waals surface area contributed by atoms with E-state index in [1.54, 1.807) is 6.07 Å². The zero-order valence-corrected chi connectivity index (χ0v) is 10.8. The first kappa shape index (κ1) is 12.8. The normalized spacial score (nSPS) is 26.1. The molecule has 1 aliphatic heterocycles. The van der Waals surface area contributed by atoms with E-state index in [-0.39, 0.29) is 10.8 Å². The van der Waals surface area contributed by atoms with Gasteiger partial charge in [0.1, 0.15) is 5.82 Å². The number of hydrogen-bond acceptors (Lipinski definition) is 2. The molecule has 0 bridgehead atoms. The summed E-state index contributed by atoms with van der Waals surface area (Å²) in [7, 11) is 0. The van der Waals surface area contributed by atoms with Crippen molar-refractivity contribution in [1.82, 2.24) is 4.90 Å². The van der Waals surface area contributed by atoms with Crippen molar-refractivity contribution < 1.29 is 4.39 Å². The van der Waals surface area contributed by atoms with E-state index < -0.39 is 0 Å². The van der Waals surface area contributed by atoms with E-state index in [1.807, 2.05) is 6.07 Å². The summed E-state index contributed by atoms with van der Waals surface area (Å²) in [5.41, 5.74) is 6.78. The molecule has 1 saturated heterocycles. The highest BCUT2D eigenvalue weighted by Crippen LogP contribution is 2.24. The Morgan fingerprint density at radius 1 is 1.53 bits per heavy atom. The van der Waals surface area contributed by atoms with E-state index in [9.17, 15) is 4.39 Å². The van der Waals surface area contributed by atoms with Crippen molar-refractivity contribution in [3.63, 3.8) is 0 Å². The van der Waals surface area contributed by atoms with Crippen molar-refractivity contribution in [1.29, 1.82) is 0 Å². The fourth-order valence-electron chi connectivity index (χ4n) is 2.38. The quantitative estimate of drug-likeness (QED) is 0.882. The van der Waals surface area contributed by atoms with Crippen molar-refractivity contribution >= 4 is 11.6 Å². The smallest absolute Gasteiger partial charge is 0.142 e. The van der Waals surface area contributed by atoms with Crippen LogP contribution >= 0.6 is 11.6 Å². The zero-order valence-electron chi connectivity index (χ0n) is 10.00. The molecule has 1 heterocycles. The maximum atomic E-state index is 13.3. The molecule has 2 rings (SSSR count). The molecule has 94 valence electrons. The number of nitrogens with zero attached hydrogens (tertiary/aromatic N) is 1. The van der Waals surface area contributed by atoms with Gasteiger partial charge in [0.2, 0.25) is 0 Å². The summed E-state index contributed by atoms with van der Waals surface area (Å²) in [6.07, 6.45) is 1.99. The molecule has 1 fully saturated rings. The molecule has 1 aromatic rings. The van der Waals surface area contributed by atoms with Crippen LogP contribution in [0.3, 0.4) is 0 Å². The Hall–Kier alpha value is -0.640. The van der Waals surface area contributed by atoms with Gasteiger partial charge in [-0.1, -0.05) is 23.7 Å². The lowest BCUT2D eigenvalue weighted by atomic mass is 9.98. The monoisotopic (exact) mass is 256 g/mol. The molecule has 2 unspecified atom stereocenters. The summed E-state index contributed by atoms with van der Waals surface area (Å²) in [4.78, 5) is 2.31. The minimum atomic E-state index is -0.342. The number of nitrogens with two attached hydrogens (primary N) is 1. The minimum Gasteiger partial charge on any atom is -0.328 e. The third-order valence-electron chi connectivity index (χ3n) is 3.46. The van der Waals surface area contributed by atoms with Crippen LogP contribution in [-0.2, 0) is 6.54 Å².